The molecule has 0 atom stereocenters. The molecule has 2 rings (SSSR count). The molecule has 2 aromatic rings. The molecule has 0 saturated carbocycles. The zero-order valence-corrected chi connectivity index (χ0v) is 12.0. The molecule has 120 valence electrons. The summed E-state index contributed by atoms with van der Waals surface area (Å²) in [5.41, 5.74) is -3.15. The van der Waals surface area contributed by atoms with Gasteiger partial charge in [-0.3, -0.25) is 9.67 Å². The van der Waals surface area contributed by atoms with Crippen molar-refractivity contribution in [1.29, 1.82) is 0 Å². The minimum atomic E-state index is -4.81. The van der Waals surface area contributed by atoms with Gasteiger partial charge in [0.25, 0.3) is 0 Å². The maximum Gasteiger partial charge on any atom is 0.436 e. The van der Waals surface area contributed by atoms with E-state index in [1.807, 2.05) is 0 Å². The fraction of sp³-hybridized carbons (Fsp3) is 0.273. The lowest BCUT2D eigenvalue weighted by atomic mass is 10.2. The number of halogens is 8. The normalized spacial score (nSPS) is 12.8. The predicted molar refractivity (Wildman–Crippen MR) is 66.5 cm³/mol. The fourth-order valence-electron chi connectivity index (χ4n) is 1.70. The summed E-state index contributed by atoms with van der Waals surface area (Å²) < 4.78 is 76.5. The fourth-order valence-corrected chi connectivity index (χ4v) is 2.32. The van der Waals surface area contributed by atoms with E-state index in [1.165, 1.54) is 0 Å². The van der Waals surface area contributed by atoms with Crippen molar-refractivity contribution in [2.45, 2.75) is 12.4 Å². The van der Waals surface area contributed by atoms with Crippen molar-refractivity contribution >= 4 is 23.2 Å². The van der Waals surface area contributed by atoms with Crippen LogP contribution in [0.4, 0.5) is 26.3 Å². The number of aromatic nitrogens is 3. The van der Waals surface area contributed by atoms with Crippen molar-refractivity contribution in [2.75, 3.05) is 0 Å². The molecule has 11 heteroatoms. The zero-order chi connectivity index (χ0) is 16.9. The van der Waals surface area contributed by atoms with Crippen LogP contribution in [0.2, 0.25) is 10.0 Å². The highest BCUT2D eigenvalue weighted by atomic mass is 35.5. The molecule has 22 heavy (non-hydrogen) atoms. The molecule has 0 fully saturated rings. The average molecular weight is 364 g/mol. The molecule has 0 unspecified atom stereocenters. The highest BCUT2D eigenvalue weighted by molar-refractivity contribution is 6.36. The average Bonchev–Trinajstić information content (AvgIpc) is 2.64. The molecule has 3 nitrogen and oxygen atoms in total. The lowest BCUT2D eigenvalue weighted by molar-refractivity contribution is -0.141. The summed E-state index contributed by atoms with van der Waals surface area (Å²) in [5.74, 6) is 0. The van der Waals surface area contributed by atoms with E-state index < -0.39 is 33.7 Å². The first kappa shape index (κ1) is 16.9. The Morgan fingerprint density at radius 1 is 1.05 bits per heavy atom. The van der Waals surface area contributed by atoms with E-state index in [0.29, 0.717) is 12.3 Å². The molecule has 2 heterocycles. The van der Waals surface area contributed by atoms with Gasteiger partial charge in [-0.15, -0.1) is 0 Å². The lowest BCUT2D eigenvalue weighted by Gasteiger charge is -2.09. The van der Waals surface area contributed by atoms with Crippen LogP contribution in [0.3, 0.4) is 0 Å². The molecular formula is C11H5Cl2F6N3. The Morgan fingerprint density at radius 2 is 1.64 bits per heavy atom. The van der Waals surface area contributed by atoms with Crippen molar-refractivity contribution in [3.05, 3.63) is 33.6 Å². The third kappa shape index (κ3) is 3.00. The van der Waals surface area contributed by atoms with Gasteiger partial charge in [0.15, 0.2) is 5.69 Å². The van der Waals surface area contributed by atoms with Crippen LogP contribution < -0.4 is 0 Å². The standard InChI is InChI=1S/C11H5Cl2F6N3/c1-22-8(6(13)9(21-22)11(17,18)19)7-5(12)2-4(3-20-7)10(14,15)16/h2-3H,1H3. The Kier molecular flexibility index (Phi) is 4.07. The summed E-state index contributed by atoms with van der Waals surface area (Å²) in [6, 6.07) is 0.556. The van der Waals surface area contributed by atoms with Crippen LogP contribution in [0.5, 0.6) is 0 Å². The number of nitrogens with zero attached hydrogens (tertiary/aromatic N) is 3. The molecule has 2 aromatic heterocycles. The van der Waals surface area contributed by atoms with Crippen LogP contribution >= 0.6 is 23.2 Å². The summed E-state index contributed by atoms with van der Waals surface area (Å²) in [6.07, 6.45) is -9.04. The number of hydrogen-bond acceptors (Lipinski definition) is 2. The van der Waals surface area contributed by atoms with Gasteiger partial charge in [0, 0.05) is 13.2 Å². The summed E-state index contributed by atoms with van der Waals surface area (Å²) in [5, 5.41) is 1.93. The number of alkyl halides is 6. The quantitative estimate of drug-likeness (QED) is 0.679. The third-order valence-electron chi connectivity index (χ3n) is 2.65. The second kappa shape index (κ2) is 5.31. The van der Waals surface area contributed by atoms with Gasteiger partial charge < -0.3 is 0 Å². The largest absolute Gasteiger partial charge is 0.436 e. The molecule has 0 aliphatic carbocycles. The SMILES string of the molecule is Cn1nc(C(F)(F)F)c(Cl)c1-c1ncc(C(F)(F)F)cc1Cl. The van der Waals surface area contributed by atoms with Crippen LogP contribution in [0.25, 0.3) is 11.4 Å². The molecular weight excluding hydrogens is 359 g/mol. The van der Waals surface area contributed by atoms with Gasteiger partial charge in [-0.05, 0) is 6.07 Å². The first-order valence-electron chi connectivity index (χ1n) is 5.45. The lowest BCUT2D eigenvalue weighted by Crippen LogP contribution is -2.07. The van der Waals surface area contributed by atoms with Gasteiger partial charge in [0.05, 0.1) is 10.6 Å². The van der Waals surface area contributed by atoms with Gasteiger partial charge in [0.2, 0.25) is 0 Å². The Bertz CT molecular complexity index is 720. The van der Waals surface area contributed by atoms with Crippen molar-refractivity contribution in [1.82, 2.24) is 14.8 Å². The Morgan fingerprint density at radius 3 is 2.05 bits per heavy atom. The van der Waals surface area contributed by atoms with Crippen LogP contribution in [0.15, 0.2) is 12.3 Å². The van der Waals surface area contributed by atoms with Gasteiger partial charge >= 0.3 is 12.4 Å². The maximum atomic E-state index is 12.7. The van der Waals surface area contributed by atoms with Crippen molar-refractivity contribution < 1.29 is 26.3 Å². The second-order valence-corrected chi connectivity index (χ2v) is 4.97. The second-order valence-electron chi connectivity index (χ2n) is 4.18. The zero-order valence-electron chi connectivity index (χ0n) is 10.5. The van der Waals surface area contributed by atoms with E-state index in [2.05, 4.69) is 10.1 Å². The van der Waals surface area contributed by atoms with Crippen LogP contribution in [-0.2, 0) is 19.4 Å². The molecule has 0 saturated heterocycles. The number of aryl methyl sites for hydroxylation is 1. The summed E-state index contributed by atoms with van der Waals surface area (Å²) in [4.78, 5) is 3.47. The molecule has 0 aliphatic rings. The molecule has 0 aromatic carbocycles. The highest BCUT2D eigenvalue weighted by Crippen LogP contribution is 2.41. The maximum absolute atomic E-state index is 12.7. The first-order chi connectivity index (χ1) is 9.93. The Balaban J connectivity index is 2.61. The van der Waals surface area contributed by atoms with Gasteiger partial charge in [-0.25, -0.2) is 0 Å². The molecule has 0 aliphatic heterocycles. The summed E-state index contributed by atoms with van der Waals surface area (Å²) in [6.45, 7) is 0. The minimum absolute atomic E-state index is 0.326. The van der Waals surface area contributed by atoms with Gasteiger partial charge in [0.1, 0.15) is 16.4 Å². The third-order valence-corrected chi connectivity index (χ3v) is 3.30. The van der Waals surface area contributed by atoms with E-state index >= 15 is 0 Å². The van der Waals surface area contributed by atoms with Crippen molar-refractivity contribution in [3.8, 4) is 11.4 Å². The Hall–Kier alpha value is -1.48. The number of rotatable bonds is 1. The number of hydrogen-bond donors (Lipinski definition) is 0. The van der Waals surface area contributed by atoms with E-state index in [9.17, 15) is 26.3 Å². The summed E-state index contributed by atoms with van der Waals surface area (Å²) in [7, 11) is 1.14. The highest BCUT2D eigenvalue weighted by Gasteiger charge is 2.39. The van der Waals surface area contributed by atoms with E-state index in [1.54, 1.807) is 0 Å². The minimum Gasteiger partial charge on any atom is -0.264 e. The predicted octanol–water partition coefficient (Wildman–Crippen LogP) is 4.83. The monoisotopic (exact) mass is 363 g/mol. The first-order valence-corrected chi connectivity index (χ1v) is 6.21. The molecule has 0 radical (unpaired) electrons. The Labute approximate surface area is 129 Å². The smallest absolute Gasteiger partial charge is 0.264 e. The topological polar surface area (TPSA) is 30.7 Å². The molecule has 0 amide bonds. The van der Waals surface area contributed by atoms with Crippen LogP contribution in [-0.4, -0.2) is 14.8 Å². The van der Waals surface area contributed by atoms with E-state index in [4.69, 9.17) is 23.2 Å². The van der Waals surface area contributed by atoms with E-state index in [0.717, 1.165) is 11.7 Å². The van der Waals surface area contributed by atoms with Crippen molar-refractivity contribution in [3.63, 3.8) is 0 Å². The number of pyridine rings is 1. The summed E-state index contributed by atoms with van der Waals surface area (Å²) >= 11 is 11.3. The van der Waals surface area contributed by atoms with Gasteiger partial charge in [-0.2, -0.15) is 31.4 Å². The van der Waals surface area contributed by atoms with Crippen LogP contribution in [0, 0.1) is 0 Å². The van der Waals surface area contributed by atoms with Crippen LogP contribution in [0.1, 0.15) is 11.3 Å². The molecule has 0 spiro atoms. The molecule has 0 N–H and O–H groups in total. The molecule has 0 bridgehead atoms. The van der Waals surface area contributed by atoms with E-state index in [-0.39, 0.29) is 11.4 Å². The van der Waals surface area contributed by atoms with Gasteiger partial charge in [-0.1, -0.05) is 23.2 Å². The van der Waals surface area contributed by atoms with Crippen molar-refractivity contribution in [2.24, 2.45) is 7.05 Å².